The van der Waals surface area contributed by atoms with Crippen LogP contribution in [0, 0.1) is 0 Å². The Morgan fingerprint density at radius 3 is 2.84 bits per heavy atom. The number of amides is 1. The maximum atomic E-state index is 11.9. The average Bonchev–Trinajstić information content (AvgIpc) is 2.42. The predicted molar refractivity (Wildman–Crippen MR) is 74.3 cm³/mol. The number of halogens is 1. The number of hydrazine groups is 1. The van der Waals surface area contributed by atoms with Crippen LogP contribution < -0.4 is 16.6 Å². The topological polar surface area (TPSA) is 85.6 Å². The van der Waals surface area contributed by atoms with Gasteiger partial charge in [0.25, 0.3) is 5.91 Å². The highest BCUT2D eigenvalue weighted by Crippen LogP contribution is 2.19. The second-order valence-corrected chi connectivity index (χ2v) is 4.13. The van der Waals surface area contributed by atoms with Crippen LogP contribution in [0.15, 0.2) is 18.2 Å². The third-order valence-corrected chi connectivity index (χ3v) is 2.58. The van der Waals surface area contributed by atoms with Crippen molar-refractivity contribution in [1.29, 1.82) is 0 Å². The zero-order chi connectivity index (χ0) is 14.1. The largest absolute Gasteiger partial charge is 0.382 e. The lowest BCUT2D eigenvalue weighted by molar-refractivity contribution is 0.0693. The van der Waals surface area contributed by atoms with E-state index in [2.05, 4.69) is 10.7 Å². The SMILES string of the molecule is COCCOCCNC(=O)c1cc(Cl)ccc1NN. The molecule has 0 unspecified atom stereocenters. The summed E-state index contributed by atoms with van der Waals surface area (Å²) in [6, 6.07) is 4.85. The minimum atomic E-state index is -0.259. The van der Waals surface area contributed by atoms with Crippen molar-refractivity contribution in [1.82, 2.24) is 5.32 Å². The van der Waals surface area contributed by atoms with E-state index >= 15 is 0 Å². The van der Waals surface area contributed by atoms with Gasteiger partial charge in [-0.3, -0.25) is 10.6 Å². The molecule has 0 spiro atoms. The van der Waals surface area contributed by atoms with Crippen LogP contribution in [0.5, 0.6) is 0 Å². The molecule has 0 fully saturated rings. The van der Waals surface area contributed by atoms with E-state index < -0.39 is 0 Å². The van der Waals surface area contributed by atoms with Gasteiger partial charge in [0.2, 0.25) is 0 Å². The van der Waals surface area contributed by atoms with Crippen LogP contribution in [-0.4, -0.2) is 39.4 Å². The first-order valence-electron chi connectivity index (χ1n) is 5.80. The van der Waals surface area contributed by atoms with Crippen molar-refractivity contribution in [2.24, 2.45) is 5.84 Å². The first-order chi connectivity index (χ1) is 9.19. The average molecular weight is 288 g/mol. The molecule has 0 aromatic heterocycles. The van der Waals surface area contributed by atoms with Crippen molar-refractivity contribution >= 4 is 23.2 Å². The van der Waals surface area contributed by atoms with E-state index in [1.165, 1.54) is 0 Å². The van der Waals surface area contributed by atoms with E-state index in [0.29, 0.717) is 42.6 Å². The van der Waals surface area contributed by atoms with Gasteiger partial charge in [0.15, 0.2) is 0 Å². The smallest absolute Gasteiger partial charge is 0.253 e. The highest BCUT2D eigenvalue weighted by molar-refractivity contribution is 6.31. The van der Waals surface area contributed by atoms with Gasteiger partial charge in [0.05, 0.1) is 31.1 Å². The molecule has 0 atom stereocenters. The first-order valence-corrected chi connectivity index (χ1v) is 6.18. The number of hydrogen-bond acceptors (Lipinski definition) is 5. The molecule has 1 aromatic rings. The fourth-order valence-corrected chi connectivity index (χ4v) is 1.58. The number of rotatable bonds is 8. The van der Waals surface area contributed by atoms with Crippen molar-refractivity contribution < 1.29 is 14.3 Å². The van der Waals surface area contributed by atoms with Crippen LogP contribution in [0.4, 0.5) is 5.69 Å². The number of nitrogen functional groups attached to an aromatic ring is 1. The molecule has 0 aliphatic carbocycles. The third kappa shape index (κ3) is 5.44. The Balaban J connectivity index is 2.43. The Bertz CT molecular complexity index is 415. The fourth-order valence-electron chi connectivity index (χ4n) is 1.41. The highest BCUT2D eigenvalue weighted by Gasteiger charge is 2.10. The summed E-state index contributed by atoms with van der Waals surface area (Å²) >= 11 is 5.85. The second kappa shape index (κ2) is 8.71. The van der Waals surface area contributed by atoms with Crippen LogP contribution in [0.1, 0.15) is 10.4 Å². The summed E-state index contributed by atoms with van der Waals surface area (Å²) in [4.78, 5) is 11.9. The molecular weight excluding hydrogens is 270 g/mol. The van der Waals surface area contributed by atoms with Gasteiger partial charge in [-0.2, -0.15) is 0 Å². The molecule has 1 aromatic carbocycles. The Morgan fingerprint density at radius 1 is 1.37 bits per heavy atom. The summed E-state index contributed by atoms with van der Waals surface area (Å²) in [7, 11) is 1.60. The number of benzene rings is 1. The molecule has 19 heavy (non-hydrogen) atoms. The molecule has 1 rings (SSSR count). The summed E-state index contributed by atoms with van der Waals surface area (Å²) in [5.74, 6) is 5.08. The van der Waals surface area contributed by atoms with Crippen LogP contribution in [0.3, 0.4) is 0 Å². The highest BCUT2D eigenvalue weighted by atomic mass is 35.5. The Kier molecular flexibility index (Phi) is 7.20. The monoisotopic (exact) mass is 287 g/mol. The van der Waals surface area contributed by atoms with E-state index in [4.69, 9.17) is 26.9 Å². The number of carbonyl (C=O) groups excluding carboxylic acids is 1. The van der Waals surface area contributed by atoms with Crippen molar-refractivity contribution in [3.8, 4) is 0 Å². The number of methoxy groups -OCH3 is 1. The van der Waals surface area contributed by atoms with Gasteiger partial charge in [-0.15, -0.1) is 0 Å². The van der Waals surface area contributed by atoms with Gasteiger partial charge in [0, 0.05) is 18.7 Å². The maximum absolute atomic E-state index is 11.9. The van der Waals surface area contributed by atoms with E-state index in [1.807, 2.05) is 0 Å². The van der Waals surface area contributed by atoms with E-state index in [9.17, 15) is 4.79 Å². The lowest BCUT2D eigenvalue weighted by atomic mass is 10.1. The summed E-state index contributed by atoms with van der Waals surface area (Å²) in [5.41, 5.74) is 3.37. The van der Waals surface area contributed by atoms with Crippen LogP contribution in [0.25, 0.3) is 0 Å². The zero-order valence-electron chi connectivity index (χ0n) is 10.7. The molecule has 0 bridgehead atoms. The van der Waals surface area contributed by atoms with Crippen molar-refractivity contribution in [3.63, 3.8) is 0 Å². The van der Waals surface area contributed by atoms with Crippen molar-refractivity contribution in [2.75, 3.05) is 38.9 Å². The van der Waals surface area contributed by atoms with Gasteiger partial charge in [0.1, 0.15) is 0 Å². The molecule has 0 aliphatic rings. The van der Waals surface area contributed by atoms with Gasteiger partial charge < -0.3 is 20.2 Å². The van der Waals surface area contributed by atoms with E-state index in [1.54, 1.807) is 25.3 Å². The predicted octanol–water partition coefficient (Wildman–Crippen LogP) is 1.02. The van der Waals surface area contributed by atoms with Gasteiger partial charge in [-0.1, -0.05) is 11.6 Å². The molecule has 4 N–H and O–H groups in total. The van der Waals surface area contributed by atoms with Crippen molar-refractivity contribution in [3.05, 3.63) is 28.8 Å². The first kappa shape index (κ1) is 15.7. The Morgan fingerprint density at radius 2 is 2.16 bits per heavy atom. The summed E-state index contributed by atoms with van der Waals surface area (Å²) in [5, 5.41) is 3.19. The molecular formula is C12H18ClN3O3. The normalized spacial score (nSPS) is 10.3. The van der Waals surface area contributed by atoms with Crippen LogP contribution >= 0.6 is 11.6 Å². The molecule has 106 valence electrons. The minimum absolute atomic E-state index is 0.259. The standard InChI is InChI=1S/C12H18ClN3O3/c1-18-6-7-19-5-4-15-12(17)10-8-9(13)2-3-11(10)16-14/h2-3,8,16H,4-7,14H2,1H3,(H,15,17). The second-order valence-electron chi connectivity index (χ2n) is 3.70. The summed E-state index contributed by atoms with van der Waals surface area (Å²) in [6.07, 6.45) is 0. The molecule has 0 radical (unpaired) electrons. The molecule has 6 nitrogen and oxygen atoms in total. The number of nitrogens with one attached hydrogen (secondary N) is 2. The van der Waals surface area contributed by atoms with Crippen LogP contribution in [0.2, 0.25) is 5.02 Å². The lowest BCUT2D eigenvalue weighted by Crippen LogP contribution is -2.28. The zero-order valence-corrected chi connectivity index (χ0v) is 11.5. The molecule has 0 aliphatic heterocycles. The quantitative estimate of drug-likeness (QED) is 0.378. The van der Waals surface area contributed by atoms with Gasteiger partial charge >= 0.3 is 0 Å². The maximum Gasteiger partial charge on any atom is 0.253 e. The third-order valence-electron chi connectivity index (χ3n) is 2.35. The lowest BCUT2D eigenvalue weighted by Gasteiger charge is -2.10. The summed E-state index contributed by atoms with van der Waals surface area (Å²) in [6.45, 7) is 1.85. The van der Waals surface area contributed by atoms with Crippen molar-refractivity contribution in [2.45, 2.75) is 0 Å². The number of nitrogens with two attached hydrogens (primary N) is 1. The molecule has 1 amide bonds. The molecule has 0 saturated heterocycles. The molecule has 7 heteroatoms. The van der Waals surface area contributed by atoms with Crippen LogP contribution in [-0.2, 0) is 9.47 Å². The number of ether oxygens (including phenoxy) is 2. The minimum Gasteiger partial charge on any atom is -0.382 e. The molecule has 0 heterocycles. The van der Waals surface area contributed by atoms with E-state index in [0.717, 1.165) is 0 Å². The molecule has 0 saturated carbocycles. The number of carbonyl (C=O) groups is 1. The summed E-state index contributed by atoms with van der Waals surface area (Å²) < 4.78 is 10.1. The Hall–Kier alpha value is -1.34. The number of hydrogen-bond donors (Lipinski definition) is 3. The number of anilines is 1. The van der Waals surface area contributed by atoms with Gasteiger partial charge in [-0.05, 0) is 18.2 Å². The fraction of sp³-hybridized carbons (Fsp3) is 0.417. The Labute approximate surface area is 117 Å². The van der Waals surface area contributed by atoms with Gasteiger partial charge in [-0.25, -0.2) is 0 Å². The van der Waals surface area contributed by atoms with E-state index in [-0.39, 0.29) is 5.91 Å².